The lowest BCUT2D eigenvalue weighted by Gasteiger charge is -2.05. The first-order chi connectivity index (χ1) is 15.8. The molecule has 0 atom stereocenters. The van der Waals surface area contributed by atoms with Crippen LogP contribution in [-0.2, 0) is 30.6 Å². The summed E-state index contributed by atoms with van der Waals surface area (Å²) < 4.78 is 7.74. The molecular weight excluding hydrogens is 402 g/mol. The molecule has 1 aliphatic carbocycles. The van der Waals surface area contributed by atoms with Gasteiger partial charge in [0.05, 0.1) is 17.9 Å². The van der Waals surface area contributed by atoms with Crippen LogP contribution in [0.4, 0.5) is 0 Å². The van der Waals surface area contributed by atoms with Crippen LogP contribution in [0.5, 0.6) is 0 Å². The standard InChI is InChI=1S/C25H25N5O2/c31-23(15-8-16-24-27-28-25(32-24)18-9-3-1-4-10-18)26-17-21-20-13-7-14-22(20)30(29-21)19-11-5-2-6-12-19/h1-6,9-12H,7-8,13-17H2,(H,26,31). The zero-order valence-corrected chi connectivity index (χ0v) is 17.8. The number of amides is 1. The van der Waals surface area contributed by atoms with Crippen LogP contribution in [0.2, 0.25) is 0 Å². The third-order valence-electron chi connectivity index (χ3n) is 5.75. The number of nitrogens with one attached hydrogen (secondary N) is 1. The number of para-hydroxylation sites is 1. The zero-order valence-electron chi connectivity index (χ0n) is 17.8. The summed E-state index contributed by atoms with van der Waals surface area (Å²) in [6.45, 7) is 0.458. The Kier molecular flexibility index (Phi) is 5.79. The third kappa shape index (κ3) is 4.32. The molecule has 4 aromatic rings. The molecule has 1 N–H and O–H groups in total. The Hall–Kier alpha value is -3.74. The van der Waals surface area contributed by atoms with Crippen molar-refractivity contribution in [3.63, 3.8) is 0 Å². The van der Waals surface area contributed by atoms with Gasteiger partial charge in [0.15, 0.2) is 0 Å². The Bertz CT molecular complexity index is 1200. The molecular formula is C25H25N5O2. The number of carbonyl (C=O) groups is 1. The molecule has 1 amide bonds. The minimum atomic E-state index is 0.00815. The fourth-order valence-electron chi connectivity index (χ4n) is 4.16. The van der Waals surface area contributed by atoms with Gasteiger partial charge in [-0.15, -0.1) is 10.2 Å². The normalized spacial score (nSPS) is 12.6. The van der Waals surface area contributed by atoms with Gasteiger partial charge in [0.1, 0.15) is 0 Å². The molecule has 0 fully saturated rings. The molecule has 0 radical (unpaired) electrons. The van der Waals surface area contributed by atoms with Crippen LogP contribution in [0.3, 0.4) is 0 Å². The third-order valence-corrected chi connectivity index (χ3v) is 5.75. The molecule has 0 bridgehead atoms. The summed E-state index contributed by atoms with van der Waals surface area (Å²) in [5.41, 5.74) is 5.49. The fraction of sp³-hybridized carbons (Fsp3) is 0.280. The Morgan fingerprint density at radius 2 is 1.78 bits per heavy atom. The van der Waals surface area contributed by atoms with Gasteiger partial charge in [0, 0.05) is 24.1 Å². The molecule has 32 heavy (non-hydrogen) atoms. The molecule has 0 aliphatic heterocycles. The van der Waals surface area contributed by atoms with Gasteiger partial charge in [-0.2, -0.15) is 5.10 Å². The Morgan fingerprint density at radius 3 is 2.59 bits per heavy atom. The van der Waals surface area contributed by atoms with Crippen molar-refractivity contribution < 1.29 is 9.21 Å². The van der Waals surface area contributed by atoms with E-state index in [1.165, 1.54) is 11.3 Å². The summed E-state index contributed by atoms with van der Waals surface area (Å²) in [7, 11) is 0. The average Bonchev–Trinajstić information content (AvgIpc) is 3.56. The zero-order chi connectivity index (χ0) is 21.8. The van der Waals surface area contributed by atoms with Crippen molar-refractivity contribution in [2.45, 2.75) is 45.1 Å². The van der Waals surface area contributed by atoms with Crippen molar-refractivity contribution in [3.8, 4) is 17.1 Å². The molecule has 0 saturated carbocycles. The van der Waals surface area contributed by atoms with Crippen LogP contribution < -0.4 is 5.32 Å². The van der Waals surface area contributed by atoms with Crippen molar-refractivity contribution in [3.05, 3.63) is 83.5 Å². The second kappa shape index (κ2) is 9.18. The summed E-state index contributed by atoms with van der Waals surface area (Å²) in [6, 6.07) is 19.8. The van der Waals surface area contributed by atoms with E-state index < -0.39 is 0 Å². The minimum Gasteiger partial charge on any atom is -0.421 e. The second-order valence-electron chi connectivity index (χ2n) is 7.97. The lowest BCUT2D eigenvalue weighted by atomic mass is 10.2. The predicted molar refractivity (Wildman–Crippen MR) is 120 cm³/mol. The Morgan fingerprint density at radius 1 is 1.00 bits per heavy atom. The monoisotopic (exact) mass is 427 g/mol. The van der Waals surface area contributed by atoms with Crippen LogP contribution in [-0.4, -0.2) is 25.9 Å². The Labute approximate surface area is 186 Å². The molecule has 2 heterocycles. The number of aromatic nitrogens is 4. The summed E-state index contributed by atoms with van der Waals surface area (Å²) >= 11 is 0. The van der Waals surface area contributed by atoms with E-state index in [2.05, 4.69) is 27.6 Å². The number of aryl methyl sites for hydroxylation is 1. The molecule has 1 aliphatic rings. The summed E-state index contributed by atoms with van der Waals surface area (Å²) in [5.74, 6) is 1.07. The van der Waals surface area contributed by atoms with Crippen LogP contribution in [0.25, 0.3) is 17.1 Å². The summed E-state index contributed by atoms with van der Waals surface area (Å²) in [4.78, 5) is 12.4. The molecule has 2 aromatic carbocycles. The van der Waals surface area contributed by atoms with Gasteiger partial charge in [0.25, 0.3) is 0 Å². The van der Waals surface area contributed by atoms with Gasteiger partial charge in [0.2, 0.25) is 17.7 Å². The van der Waals surface area contributed by atoms with E-state index in [1.54, 1.807) is 0 Å². The van der Waals surface area contributed by atoms with Crippen molar-refractivity contribution >= 4 is 5.91 Å². The number of rotatable bonds is 8. The summed E-state index contributed by atoms with van der Waals surface area (Å²) in [5, 5.41) is 16.0. The molecule has 7 heteroatoms. The number of fused-ring (bicyclic) bond motifs is 1. The van der Waals surface area contributed by atoms with Gasteiger partial charge in [-0.3, -0.25) is 4.79 Å². The van der Waals surface area contributed by atoms with Gasteiger partial charge >= 0.3 is 0 Å². The van der Waals surface area contributed by atoms with Crippen molar-refractivity contribution in [1.82, 2.24) is 25.3 Å². The van der Waals surface area contributed by atoms with Crippen LogP contribution in [0.15, 0.2) is 65.1 Å². The molecule has 5 rings (SSSR count). The number of carbonyl (C=O) groups excluding carboxylic acids is 1. The summed E-state index contributed by atoms with van der Waals surface area (Å²) in [6.07, 6.45) is 4.82. The minimum absolute atomic E-state index is 0.00815. The van der Waals surface area contributed by atoms with Crippen LogP contribution in [0, 0.1) is 0 Å². The van der Waals surface area contributed by atoms with Crippen molar-refractivity contribution in [2.24, 2.45) is 0 Å². The smallest absolute Gasteiger partial charge is 0.247 e. The predicted octanol–water partition coefficient (Wildman–Crippen LogP) is 4.05. The van der Waals surface area contributed by atoms with Crippen molar-refractivity contribution in [1.29, 1.82) is 0 Å². The van der Waals surface area contributed by atoms with Crippen LogP contribution in [0.1, 0.15) is 42.1 Å². The SMILES string of the molecule is O=C(CCCc1nnc(-c2ccccc2)o1)NCc1nn(-c2ccccc2)c2c1CCC2. The number of hydrogen-bond acceptors (Lipinski definition) is 5. The molecule has 0 spiro atoms. The first kappa shape index (κ1) is 20.2. The maximum atomic E-state index is 12.4. The highest BCUT2D eigenvalue weighted by Gasteiger charge is 2.23. The lowest BCUT2D eigenvalue weighted by molar-refractivity contribution is -0.121. The first-order valence-electron chi connectivity index (χ1n) is 11.1. The van der Waals surface area contributed by atoms with Gasteiger partial charge in [-0.25, -0.2) is 4.68 Å². The molecule has 0 unspecified atom stereocenters. The van der Waals surface area contributed by atoms with Gasteiger partial charge in [-0.1, -0.05) is 36.4 Å². The first-order valence-corrected chi connectivity index (χ1v) is 11.1. The van der Waals surface area contributed by atoms with E-state index >= 15 is 0 Å². The quantitative estimate of drug-likeness (QED) is 0.458. The average molecular weight is 428 g/mol. The van der Waals surface area contributed by atoms with Crippen LogP contribution >= 0.6 is 0 Å². The number of benzene rings is 2. The highest BCUT2D eigenvalue weighted by molar-refractivity contribution is 5.75. The number of hydrogen-bond donors (Lipinski definition) is 1. The maximum absolute atomic E-state index is 12.4. The topological polar surface area (TPSA) is 85.8 Å². The van der Waals surface area contributed by atoms with E-state index in [0.29, 0.717) is 37.6 Å². The highest BCUT2D eigenvalue weighted by Crippen LogP contribution is 2.27. The second-order valence-corrected chi connectivity index (χ2v) is 7.97. The van der Waals surface area contributed by atoms with Gasteiger partial charge in [-0.05, 0) is 55.5 Å². The van der Waals surface area contributed by atoms with E-state index in [-0.39, 0.29) is 5.91 Å². The van der Waals surface area contributed by atoms with Gasteiger partial charge < -0.3 is 9.73 Å². The number of nitrogens with zero attached hydrogens (tertiary/aromatic N) is 4. The lowest BCUT2D eigenvalue weighted by Crippen LogP contribution is -2.23. The van der Waals surface area contributed by atoms with Crippen molar-refractivity contribution in [2.75, 3.05) is 0 Å². The largest absolute Gasteiger partial charge is 0.421 e. The van der Waals surface area contributed by atoms with E-state index in [1.807, 2.05) is 53.2 Å². The maximum Gasteiger partial charge on any atom is 0.247 e. The van der Waals surface area contributed by atoms with E-state index in [9.17, 15) is 4.79 Å². The van der Waals surface area contributed by atoms with E-state index in [4.69, 9.17) is 9.52 Å². The Balaban J connectivity index is 1.14. The molecule has 2 aromatic heterocycles. The molecule has 0 saturated heterocycles. The highest BCUT2D eigenvalue weighted by atomic mass is 16.4. The molecule has 7 nitrogen and oxygen atoms in total. The van der Waals surface area contributed by atoms with E-state index in [0.717, 1.165) is 36.2 Å². The molecule has 162 valence electrons. The fourth-order valence-corrected chi connectivity index (χ4v) is 4.16.